The number of nitrogens with one attached hydrogen (secondary N) is 1. The zero-order valence-electron chi connectivity index (χ0n) is 21.1. The molecule has 4 heterocycles. The van der Waals surface area contributed by atoms with Crippen molar-refractivity contribution in [1.82, 2.24) is 39.1 Å². The van der Waals surface area contributed by atoms with Gasteiger partial charge < -0.3 is 15.0 Å². The molecule has 37 heavy (non-hydrogen) atoms. The molecule has 5 rings (SSSR count). The number of fused-ring (bicyclic) bond motifs is 1. The van der Waals surface area contributed by atoms with E-state index in [9.17, 15) is 4.79 Å². The smallest absolute Gasteiger partial charge is 0.263 e. The molecule has 0 aliphatic rings. The van der Waals surface area contributed by atoms with Crippen molar-refractivity contribution in [3.05, 3.63) is 77.6 Å². The number of anilines is 1. The third-order valence-corrected chi connectivity index (χ3v) is 6.25. The van der Waals surface area contributed by atoms with Crippen LogP contribution in [-0.2, 0) is 25.7 Å². The van der Waals surface area contributed by atoms with Crippen LogP contribution >= 0.6 is 0 Å². The Hall–Kier alpha value is -4.58. The second-order valence-electron chi connectivity index (χ2n) is 8.49. The van der Waals surface area contributed by atoms with Crippen molar-refractivity contribution in [3.8, 4) is 5.88 Å². The van der Waals surface area contributed by atoms with Crippen molar-refractivity contribution in [2.24, 2.45) is 12.8 Å². The summed E-state index contributed by atoms with van der Waals surface area (Å²) in [5.74, 6) is 0.425. The minimum Gasteiger partial charge on any atom is -0.480 e. The molecule has 12 nitrogen and oxygen atoms in total. The molecular formula is C25H28N10O2. The first-order valence-corrected chi connectivity index (χ1v) is 11.9. The number of aryl methyl sites for hydroxylation is 3. The van der Waals surface area contributed by atoms with Gasteiger partial charge in [0, 0.05) is 26.3 Å². The van der Waals surface area contributed by atoms with Gasteiger partial charge in [-0.2, -0.15) is 10.1 Å². The van der Waals surface area contributed by atoms with Crippen LogP contribution in [0.2, 0.25) is 0 Å². The summed E-state index contributed by atoms with van der Waals surface area (Å²) in [5, 5.41) is 11.6. The topological polar surface area (TPSA) is 144 Å². The summed E-state index contributed by atoms with van der Waals surface area (Å²) in [7, 11) is 3.30. The maximum absolute atomic E-state index is 13.2. The average Bonchev–Trinajstić information content (AvgIpc) is 3.66. The van der Waals surface area contributed by atoms with E-state index in [1.807, 2.05) is 68.1 Å². The van der Waals surface area contributed by atoms with Crippen molar-refractivity contribution < 1.29 is 9.53 Å². The zero-order valence-corrected chi connectivity index (χ0v) is 21.1. The van der Waals surface area contributed by atoms with E-state index >= 15 is 0 Å². The van der Waals surface area contributed by atoms with E-state index in [2.05, 4.69) is 25.5 Å². The molecule has 0 saturated heterocycles. The second kappa shape index (κ2) is 9.47. The first-order valence-electron chi connectivity index (χ1n) is 11.9. The summed E-state index contributed by atoms with van der Waals surface area (Å²) in [6, 6.07) is 13.3. The first kappa shape index (κ1) is 24.1. The molecule has 0 aliphatic heterocycles. The predicted molar refractivity (Wildman–Crippen MR) is 137 cm³/mol. The van der Waals surface area contributed by atoms with Crippen LogP contribution in [0.1, 0.15) is 41.3 Å². The molecule has 1 aromatic carbocycles. The lowest BCUT2D eigenvalue weighted by atomic mass is 9.86. The fourth-order valence-electron chi connectivity index (χ4n) is 4.36. The number of aromatic nitrogens is 8. The zero-order chi connectivity index (χ0) is 26.2. The SMILES string of the molecule is CCn1cnc(NC(=O)c2cc3c(nc2OC)nc(C(N)(c2ccccc2)c2ccn(C)n2)n3CC)n1. The number of nitrogens with two attached hydrogens (primary N) is 1. The number of amides is 1. The summed E-state index contributed by atoms with van der Waals surface area (Å²) in [6.45, 7) is 5.08. The molecule has 1 unspecified atom stereocenters. The lowest BCUT2D eigenvalue weighted by molar-refractivity contribution is 0.102. The molecule has 3 N–H and O–H groups in total. The molecule has 0 bridgehead atoms. The van der Waals surface area contributed by atoms with Crippen LogP contribution in [0, 0.1) is 0 Å². The van der Waals surface area contributed by atoms with Gasteiger partial charge in [0.1, 0.15) is 23.3 Å². The van der Waals surface area contributed by atoms with Crippen LogP contribution in [0.3, 0.4) is 0 Å². The van der Waals surface area contributed by atoms with Gasteiger partial charge in [-0.1, -0.05) is 30.3 Å². The van der Waals surface area contributed by atoms with Gasteiger partial charge in [0.05, 0.1) is 18.3 Å². The van der Waals surface area contributed by atoms with Crippen LogP contribution in [0.4, 0.5) is 5.95 Å². The first-order chi connectivity index (χ1) is 17.9. The molecule has 5 aromatic rings. The number of pyridine rings is 1. The van der Waals surface area contributed by atoms with E-state index in [0.717, 1.165) is 5.56 Å². The number of hydrogen-bond donors (Lipinski definition) is 2. The van der Waals surface area contributed by atoms with Gasteiger partial charge in [-0.05, 0) is 31.5 Å². The molecule has 0 spiro atoms. The summed E-state index contributed by atoms with van der Waals surface area (Å²) in [6.07, 6.45) is 3.39. The van der Waals surface area contributed by atoms with E-state index in [1.54, 1.807) is 21.8 Å². The summed E-state index contributed by atoms with van der Waals surface area (Å²) in [4.78, 5) is 26.8. The van der Waals surface area contributed by atoms with E-state index in [0.29, 0.717) is 35.8 Å². The fourth-order valence-corrected chi connectivity index (χ4v) is 4.36. The molecule has 190 valence electrons. The lowest BCUT2D eigenvalue weighted by Crippen LogP contribution is -2.42. The Morgan fingerprint density at radius 3 is 2.51 bits per heavy atom. The largest absolute Gasteiger partial charge is 0.480 e. The quantitative estimate of drug-likeness (QED) is 0.330. The lowest BCUT2D eigenvalue weighted by Gasteiger charge is -2.28. The molecule has 1 amide bonds. The number of ether oxygens (including phenoxy) is 1. The minimum absolute atomic E-state index is 0.132. The van der Waals surface area contributed by atoms with Gasteiger partial charge in [0.25, 0.3) is 5.91 Å². The molecule has 0 fully saturated rings. The monoisotopic (exact) mass is 500 g/mol. The van der Waals surface area contributed by atoms with Crippen molar-refractivity contribution in [1.29, 1.82) is 0 Å². The maximum Gasteiger partial charge on any atom is 0.263 e. The number of imidazole rings is 1. The van der Waals surface area contributed by atoms with E-state index < -0.39 is 11.4 Å². The summed E-state index contributed by atoms with van der Waals surface area (Å²) in [5.41, 5.74) is 8.73. The highest BCUT2D eigenvalue weighted by Crippen LogP contribution is 2.35. The number of benzene rings is 1. The van der Waals surface area contributed by atoms with Crippen LogP contribution in [0.25, 0.3) is 11.2 Å². The molecule has 0 radical (unpaired) electrons. The van der Waals surface area contributed by atoms with Gasteiger partial charge in [0.2, 0.25) is 11.8 Å². The van der Waals surface area contributed by atoms with Crippen LogP contribution in [-0.4, -0.2) is 52.1 Å². The maximum atomic E-state index is 13.2. The predicted octanol–water partition coefficient (Wildman–Crippen LogP) is 2.31. The number of nitrogens with zero attached hydrogens (tertiary/aromatic N) is 8. The highest BCUT2D eigenvalue weighted by molar-refractivity contribution is 6.06. The van der Waals surface area contributed by atoms with E-state index in [-0.39, 0.29) is 17.4 Å². The molecule has 0 aliphatic carbocycles. The molecule has 0 saturated carbocycles. The minimum atomic E-state index is -1.17. The van der Waals surface area contributed by atoms with Gasteiger partial charge in [-0.15, -0.1) is 5.10 Å². The van der Waals surface area contributed by atoms with Crippen molar-refractivity contribution in [2.75, 3.05) is 12.4 Å². The van der Waals surface area contributed by atoms with Gasteiger partial charge in [-0.25, -0.2) is 9.97 Å². The molecule has 4 aromatic heterocycles. The molecular weight excluding hydrogens is 472 g/mol. The normalized spacial score (nSPS) is 13.0. The fraction of sp³-hybridized carbons (Fsp3) is 0.280. The number of hydrogen-bond acceptors (Lipinski definition) is 8. The van der Waals surface area contributed by atoms with Gasteiger partial charge in [-0.3, -0.25) is 19.5 Å². The third kappa shape index (κ3) is 4.10. The highest BCUT2D eigenvalue weighted by atomic mass is 16.5. The second-order valence-corrected chi connectivity index (χ2v) is 8.49. The van der Waals surface area contributed by atoms with E-state index in [4.69, 9.17) is 15.5 Å². The Bertz CT molecular complexity index is 1570. The summed E-state index contributed by atoms with van der Waals surface area (Å²) >= 11 is 0. The number of methoxy groups -OCH3 is 1. The Labute approximate surface area is 213 Å². The van der Waals surface area contributed by atoms with Gasteiger partial charge in [0.15, 0.2) is 5.65 Å². The average molecular weight is 501 g/mol. The van der Waals surface area contributed by atoms with E-state index in [1.165, 1.54) is 7.11 Å². The van der Waals surface area contributed by atoms with Gasteiger partial charge >= 0.3 is 0 Å². The van der Waals surface area contributed by atoms with Crippen LogP contribution < -0.4 is 15.8 Å². The standard InChI is InChI=1S/C25H28N10O2/c1-5-34-15-27-24(32-34)30-21(36)17-14-18-20(28-22(17)37-4)29-23(35(18)6-2)25(26,16-10-8-7-9-11-16)19-12-13-33(3)31-19/h7-15H,5-6,26H2,1-4H3,(H,30,32,36). The number of carbonyl (C=O) groups is 1. The van der Waals surface area contributed by atoms with Crippen LogP contribution in [0.15, 0.2) is 55.0 Å². The Balaban J connectivity index is 1.67. The molecule has 12 heteroatoms. The Morgan fingerprint density at radius 2 is 1.89 bits per heavy atom. The van der Waals surface area contributed by atoms with Crippen molar-refractivity contribution in [3.63, 3.8) is 0 Å². The highest BCUT2D eigenvalue weighted by Gasteiger charge is 2.39. The van der Waals surface area contributed by atoms with Crippen molar-refractivity contribution >= 4 is 23.0 Å². The number of carbonyl (C=O) groups excluding carboxylic acids is 1. The third-order valence-electron chi connectivity index (χ3n) is 6.25. The van der Waals surface area contributed by atoms with Crippen LogP contribution in [0.5, 0.6) is 5.88 Å². The molecule has 1 atom stereocenters. The number of rotatable bonds is 8. The Morgan fingerprint density at radius 1 is 1.11 bits per heavy atom. The van der Waals surface area contributed by atoms with Crippen molar-refractivity contribution in [2.45, 2.75) is 32.5 Å². The Kier molecular flexibility index (Phi) is 6.17. The summed E-state index contributed by atoms with van der Waals surface area (Å²) < 4.78 is 10.7.